The molecule has 0 aliphatic carbocycles. The number of methoxy groups -OCH3 is 1. The van der Waals surface area contributed by atoms with Crippen LogP contribution in [0.2, 0.25) is 0 Å². The monoisotopic (exact) mass is 359 g/mol. The summed E-state index contributed by atoms with van der Waals surface area (Å²) in [5, 5.41) is 8.03. The van der Waals surface area contributed by atoms with Crippen molar-refractivity contribution in [1.29, 1.82) is 0 Å². The molecule has 26 heavy (non-hydrogen) atoms. The minimum Gasteiger partial charge on any atom is -0.383 e. The molecule has 8 nitrogen and oxygen atoms in total. The van der Waals surface area contributed by atoms with Crippen LogP contribution in [-0.2, 0) is 17.8 Å². The molecule has 0 saturated carbocycles. The molecule has 2 heterocycles. The maximum Gasteiger partial charge on any atom is 0.270 e. The summed E-state index contributed by atoms with van der Waals surface area (Å²) in [5.41, 5.74) is -0.392. The highest BCUT2D eigenvalue weighted by Gasteiger charge is 2.18. The van der Waals surface area contributed by atoms with Crippen molar-refractivity contribution in [3.05, 3.63) is 58.2 Å². The molecule has 0 bridgehead atoms. The predicted octanol–water partition coefficient (Wildman–Crippen LogP) is 1.18. The molecule has 9 heteroatoms. The van der Waals surface area contributed by atoms with Gasteiger partial charge < -0.3 is 19.2 Å². The number of nitrogens with one attached hydrogen (secondary N) is 1. The van der Waals surface area contributed by atoms with Crippen LogP contribution in [-0.4, -0.2) is 51.3 Å². The number of nitrogens with zero attached hydrogens (tertiary/aromatic N) is 4. The summed E-state index contributed by atoms with van der Waals surface area (Å²) in [5.74, 6) is -0.461. The standard InChI is InChI=1S/C17H18FN5O3/c1-22(9-15-21-19-10-23(15)6-7-26-2)17(25)13-8-14(24)11-4-3-5-12(18)16(11)20-13/h3-5,8,10H,6-7,9H2,1-2H3,(H,20,24). The first-order valence-electron chi connectivity index (χ1n) is 7.94. The lowest BCUT2D eigenvalue weighted by Crippen LogP contribution is -2.29. The first kappa shape index (κ1) is 17.7. The molecule has 0 fully saturated rings. The fourth-order valence-electron chi connectivity index (χ4n) is 2.62. The van der Waals surface area contributed by atoms with Crippen molar-refractivity contribution in [2.45, 2.75) is 13.1 Å². The number of aromatic nitrogens is 4. The fourth-order valence-corrected chi connectivity index (χ4v) is 2.62. The normalized spacial score (nSPS) is 11.0. The third-order valence-electron chi connectivity index (χ3n) is 4.00. The number of benzene rings is 1. The molecule has 136 valence electrons. The lowest BCUT2D eigenvalue weighted by Gasteiger charge is -2.17. The van der Waals surface area contributed by atoms with E-state index >= 15 is 0 Å². The predicted molar refractivity (Wildman–Crippen MR) is 92.2 cm³/mol. The maximum atomic E-state index is 14.0. The average molecular weight is 359 g/mol. The third-order valence-corrected chi connectivity index (χ3v) is 4.00. The number of hydrogen-bond acceptors (Lipinski definition) is 5. The Balaban J connectivity index is 1.85. The summed E-state index contributed by atoms with van der Waals surface area (Å²) in [7, 11) is 3.16. The molecule has 0 saturated heterocycles. The van der Waals surface area contributed by atoms with Crippen LogP contribution in [0, 0.1) is 5.82 Å². The van der Waals surface area contributed by atoms with E-state index < -0.39 is 17.2 Å². The number of aromatic amines is 1. The Morgan fingerprint density at radius 2 is 2.23 bits per heavy atom. The molecule has 0 aliphatic rings. The van der Waals surface area contributed by atoms with Crippen molar-refractivity contribution >= 4 is 16.8 Å². The van der Waals surface area contributed by atoms with Gasteiger partial charge in [-0.1, -0.05) is 6.07 Å². The smallest absolute Gasteiger partial charge is 0.270 e. The Kier molecular flexibility index (Phi) is 5.08. The lowest BCUT2D eigenvalue weighted by atomic mass is 10.2. The Labute approximate surface area is 148 Å². The van der Waals surface area contributed by atoms with E-state index in [1.165, 1.54) is 29.2 Å². The van der Waals surface area contributed by atoms with Crippen molar-refractivity contribution in [2.75, 3.05) is 20.8 Å². The van der Waals surface area contributed by atoms with Crippen molar-refractivity contribution in [2.24, 2.45) is 0 Å². The largest absolute Gasteiger partial charge is 0.383 e. The van der Waals surface area contributed by atoms with E-state index in [-0.39, 0.29) is 23.1 Å². The zero-order valence-corrected chi connectivity index (χ0v) is 14.4. The van der Waals surface area contributed by atoms with Crippen LogP contribution in [0.3, 0.4) is 0 Å². The molecule has 3 rings (SSSR count). The molecule has 0 unspecified atom stereocenters. The van der Waals surface area contributed by atoms with Gasteiger partial charge in [0.25, 0.3) is 5.91 Å². The van der Waals surface area contributed by atoms with Gasteiger partial charge in [0, 0.05) is 32.2 Å². The lowest BCUT2D eigenvalue weighted by molar-refractivity contribution is 0.0773. The number of ether oxygens (including phenoxy) is 1. The second-order valence-corrected chi connectivity index (χ2v) is 5.80. The van der Waals surface area contributed by atoms with Gasteiger partial charge in [0.2, 0.25) is 0 Å². The van der Waals surface area contributed by atoms with Crippen LogP contribution in [0.15, 0.2) is 35.4 Å². The first-order valence-corrected chi connectivity index (χ1v) is 7.94. The number of carbonyl (C=O) groups is 1. The molecule has 0 atom stereocenters. The minimum absolute atomic E-state index is 0.0121. The average Bonchev–Trinajstić information content (AvgIpc) is 3.07. The fraction of sp³-hybridized carbons (Fsp3) is 0.294. The summed E-state index contributed by atoms with van der Waals surface area (Å²) < 4.78 is 20.8. The van der Waals surface area contributed by atoms with Crippen LogP contribution in [0.1, 0.15) is 16.3 Å². The van der Waals surface area contributed by atoms with Crippen molar-refractivity contribution in [3.63, 3.8) is 0 Å². The van der Waals surface area contributed by atoms with Gasteiger partial charge in [0.05, 0.1) is 18.7 Å². The Morgan fingerprint density at radius 3 is 3.00 bits per heavy atom. The number of fused-ring (bicyclic) bond motifs is 1. The second kappa shape index (κ2) is 7.44. The van der Waals surface area contributed by atoms with Gasteiger partial charge in [-0.05, 0) is 12.1 Å². The number of carbonyl (C=O) groups excluding carboxylic acids is 1. The van der Waals surface area contributed by atoms with E-state index in [0.717, 1.165) is 0 Å². The third kappa shape index (κ3) is 3.47. The summed E-state index contributed by atoms with van der Waals surface area (Å²) in [4.78, 5) is 28.9. The van der Waals surface area contributed by atoms with E-state index in [9.17, 15) is 14.0 Å². The number of halogens is 1. The SMILES string of the molecule is COCCn1cnnc1CN(C)C(=O)c1cc(=O)c2cccc(F)c2[nH]1. The number of hydrogen-bond donors (Lipinski definition) is 1. The summed E-state index contributed by atoms with van der Waals surface area (Å²) in [6, 6.07) is 5.37. The van der Waals surface area contributed by atoms with E-state index in [0.29, 0.717) is 19.0 Å². The molecule has 3 aromatic rings. The number of rotatable bonds is 6. The summed E-state index contributed by atoms with van der Waals surface area (Å²) in [6.07, 6.45) is 1.56. The molecule has 1 aromatic carbocycles. The maximum absolute atomic E-state index is 14.0. The van der Waals surface area contributed by atoms with Crippen molar-refractivity contribution in [3.8, 4) is 0 Å². The Hall–Kier alpha value is -3.07. The highest BCUT2D eigenvalue weighted by molar-refractivity contribution is 5.94. The quantitative estimate of drug-likeness (QED) is 0.713. The minimum atomic E-state index is -0.587. The zero-order chi connectivity index (χ0) is 18.7. The zero-order valence-electron chi connectivity index (χ0n) is 14.4. The number of pyridine rings is 1. The molecule has 0 radical (unpaired) electrons. The molecule has 0 spiro atoms. The van der Waals surface area contributed by atoms with Crippen LogP contribution >= 0.6 is 0 Å². The van der Waals surface area contributed by atoms with Gasteiger partial charge in [-0.25, -0.2) is 4.39 Å². The van der Waals surface area contributed by atoms with E-state index in [1.54, 1.807) is 25.1 Å². The van der Waals surface area contributed by atoms with Crippen LogP contribution in [0.25, 0.3) is 10.9 Å². The Bertz CT molecular complexity index is 997. The van der Waals surface area contributed by atoms with E-state index in [1.807, 2.05) is 0 Å². The van der Waals surface area contributed by atoms with Crippen molar-refractivity contribution < 1.29 is 13.9 Å². The molecular formula is C17H18FN5O3. The first-order chi connectivity index (χ1) is 12.5. The van der Waals surface area contributed by atoms with Gasteiger partial charge in [-0.2, -0.15) is 0 Å². The van der Waals surface area contributed by atoms with Gasteiger partial charge >= 0.3 is 0 Å². The highest BCUT2D eigenvalue weighted by Crippen LogP contribution is 2.13. The molecule has 1 N–H and O–H groups in total. The Morgan fingerprint density at radius 1 is 1.42 bits per heavy atom. The van der Waals surface area contributed by atoms with E-state index in [4.69, 9.17) is 4.74 Å². The van der Waals surface area contributed by atoms with Crippen LogP contribution < -0.4 is 5.43 Å². The van der Waals surface area contributed by atoms with Gasteiger partial charge in [0.15, 0.2) is 11.3 Å². The number of amides is 1. The van der Waals surface area contributed by atoms with Crippen molar-refractivity contribution in [1.82, 2.24) is 24.6 Å². The molecule has 2 aromatic heterocycles. The topological polar surface area (TPSA) is 93.1 Å². The van der Waals surface area contributed by atoms with Crippen LogP contribution in [0.5, 0.6) is 0 Å². The van der Waals surface area contributed by atoms with Crippen LogP contribution in [0.4, 0.5) is 4.39 Å². The van der Waals surface area contributed by atoms with Gasteiger partial charge in [0.1, 0.15) is 17.8 Å². The molecular weight excluding hydrogens is 341 g/mol. The molecule has 0 aliphatic heterocycles. The second-order valence-electron chi connectivity index (χ2n) is 5.80. The van der Waals surface area contributed by atoms with E-state index in [2.05, 4.69) is 15.2 Å². The highest BCUT2D eigenvalue weighted by atomic mass is 19.1. The van der Waals surface area contributed by atoms with Gasteiger partial charge in [-0.15, -0.1) is 10.2 Å². The number of para-hydroxylation sites is 1. The van der Waals surface area contributed by atoms with Gasteiger partial charge in [-0.3, -0.25) is 9.59 Å². The summed E-state index contributed by atoms with van der Waals surface area (Å²) in [6.45, 7) is 1.22. The summed E-state index contributed by atoms with van der Waals surface area (Å²) >= 11 is 0. The molecule has 1 amide bonds. The number of H-pyrrole nitrogens is 1.